The number of esters is 1. The topological polar surface area (TPSA) is 59.0 Å². The first-order valence-corrected chi connectivity index (χ1v) is 5.89. The zero-order chi connectivity index (χ0) is 11.8. The third-order valence-corrected chi connectivity index (χ3v) is 2.68. The number of rotatable bonds is 7. The highest BCUT2D eigenvalue weighted by Crippen LogP contribution is 2.17. The molecule has 5 nitrogen and oxygen atoms in total. The highest BCUT2D eigenvalue weighted by atomic mass is 16.5. The number of hydrogen-bond donors (Lipinski definition) is 1. The third kappa shape index (κ3) is 4.08. The van der Waals surface area contributed by atoms with Crippen LogP contribution in [0.1, 0.15) is 19.8 Å². The minimum Gasteiger partial charge on any atom is -0.465 e. The average molecular weight is 231 g/mol. The number of likely N-dealkylation sites (tertiary alicyclic amines) is 1. The summed E-state index contributed by atoms with van der Waals surface area (Å²) in [7, 11) is 0. The third-order valence-electron chi connectivity index (χ3n) is 2.68. The Morgan fingerprint density at radius 1 is 1.50 bits per heavy atom. The molecule has 16 heavy (non-hydrogen) atoms. The molecule has 0 aliphatic carbocycles. The Morgan fingerprint density at radius 3 is 3.00 bits per heavy atom. The van der Waals surface area contributed by atoms with Crippen molar-refractivity contribution in [3.63, 3.8) is 0 Å². The van der Waals surface area contributed by atoms with E-state index >= 15 is 0 Å². The van der Waals surface area contributed by atoms with Gasteiger partial charge in [-0.05, 0) is 26.3 Å². The average Bonchev–Trinajstić information content (AvgIpc) is 2.73. The lowest BCUT2D eigenvalue weighted by Gasteiger charge is -2.22. The van der Waals surface area contributed by atoms with Crippen LogP contribution in [-0.4, -0.2) is 61.5 Å². The summed E-state index contributed by atoms with van der Waals surface area (Å²) in [4.78, 5) is 13.7. The summed E-state index contributed by atoms with van der Waals surface area (Å²) in [6, 6.07) is -0.0994. The summed E-state index contributed by atoms with van der Waals surface area (Å²) in [6.45, 7) is 4.86. The van der Waals surface area contributed by atoms with Crippen LogP contribution in [0.5, 0.6) is 0 Å². The molecule has 1 unspecified atom stereocenters. The number of aliphatic hydroxyl groups excluding tert-OH is 1. The Hall–Kier alpha value is -0.650. The molecule has 1 aliphatic rings. The number of carbonyl (C=O) groups is 1. The van der Waals surface area contributed by atoms with E-state index < -0.39 is 0 Å². The minimum atomic E-state index is -0.123. The number of ether oxygens (including phenoxy) is 2. The van der Waals surface area contributed by atoms with Crippen LogP contribution in [0.2, 0.25) is 0 Å². The van der Waals surface area contributed by atoms with E-state index in [0.29, 0.717) is 19.8 Å². The fourth-order valence-electron chi connectivity index (χ4n) is 1.95. The van der Waals surface area contributed by atoms with E-state index in [1.165, 1.54) is 0 Å². The van der Waals surface area contributed by atoms with Gasteiger partial charge in [0.2, 0.25) is 0 Å². The maximum Gasteiger partial charge on any atom is 0.323 e. The first-order chi connectivity index (χ1) is 7.79. The van der Waals surface area contributed by atoms with E-state index in [4.69, 9.17) is 14.6 Å². The quantitative estimate of drug-likeness (QED) is 0.494. The summed E-state index contributed by atoms with van der Waals surface area (Å²) in [5.74, 6) is -0.123. The van der Waals surface area contributed by atoms with Gasteiger partial charge < -0.3 is 14.6 Å². The molecule has 1 N–H and O–H groups in total. The Labute approximate surface area is 96.3 Å². The molecular weight excluding hydrogens is 210 g/mol. The van der Waals surface area contributed by atoms with Gasteiger partial charge >= 0.3 is 5.97 Å². The number of aliphatic hydroxyl groups is 1. The molecule has 1 aliphatic heterocycles. The van der Waals surface area contributed by atoms with Crippen LogP contribution in [0.15, 0.2) is 0 Å². The van der Waals surface area contributed by atoms with Gasteiger partial charge in [0.15, 0.2) is 0 Å². The van der Waals surface area contributed by atoms with E-state index in [1.54, 1.807) is 0 Å². The van der Waals surface area contributed by atoms with E-state index in [0.717, 1.165) is 25.9 Å². The fourth-order valence-corrected chi connectivity index (χ4v) is 1.95. The van der Waals surface area contributed by atoms with E-state index in [-0.39, 0.29) is 18.6 Å². The lowest BCUT2D eigenvalue weighted by Crippen LogP contribution is -2.39. The predicted molar refractivity (Wildman–Crippen MR) is 59.1 cm³/mol. The molecular formula is C11H21NO4. The summed E-state index contributed by atoms with van der Waals surface area (Å²) in [6.07, 6.45) is 1.91. The Morgan fingerprint density at radius 2 is 2.31 bits per heavy atom. The highest BCUT2D eigenvalue weighted by molar-refractivity contribution is 5.76. The second-order valence-electron chi connectivity index (χ2n) is 3.78. The van der Waals surface area contributed by atoms with Crippen molar-refractivity contribution < 1.29 is 19.4 Å². The molecule has 0 amide bonds. The molecule has 0 aromatic rings. The molecule has 1 saturated heterocycles. The molecule has 5 heteroatoms. The fraction of sp³-hybridized carbons (Fsp3) is 0.909. The van der Waals surface area contributed by atoms with Crippen LogP contribution < -0.4 is 0 Å². The molecule has 1 heterocycles. The summed E-state index contributed by atoms with van der Waals surface area (Å²) >= 11 is 0. The molecule has 1 rings (SSSR count). The normalized spacial score (nSPS) is 21.2. The molecule has 0 saturated carbocycles. The number of nitrogens with zero attached hydrogens (tertiary/aromatic N) is 1. The lowest BCUT2D eigenvalue weighted by atomic mass is 10.2. The molecule has 0 bridgehead atoms. The maximum atomic E-state index is 11.6. The smallest absolute Gasteiger partial charge is 0.323 e. The highest BCUT2D eigenvalue weighted by Gasteiger charge is 2.31. The van der Waals surface area contributed by atoms with Gasteiger partial charge in [-0.25, -0.2) is 0 Å². The Kier molecular flexibility index (Phi) is 6.37. The van der Waals surface area contributed by atoms with Crippen LogP contribution in [0.3, 0.4) is 0 Å². The second kappa shape index (κ2) is 7.60. The zero-order valence-electron chi connectivity index (χ0n) is 9.85. The monoisotopic (exact) mass is 231 g/mol. The van der Waals surface area contributed by atoms with Crippen LogP contribution in [0.4, 0.5) is 0 Å². The van der Waals surface area contributed by atoms with E-state index in [9.17, 15) is 4.79 Å². The van der Waals surface area contributed by atoms with Gasteiger partial charge in [-0.3, -0.25) is 9.69 Å². The molecule has 0 spiro atoms. The van der Waals surface area contributed by atoms with Gasteiger partial charge in [-0.2, -0.15) is 0 Å². The van der Waals surface area contributed by atoms with Crippen LogP contribution in [-0.2, 0) is 14.3 Å². The molecule has 1 fully saturated rings. The maximum absolute atomic E-state index is 11.6. The van der Waals surface area contributed by atoms with Gasteiger partial charge in [0.1, 0.15) is 6.04 Å². The molecule has 0 aromatic heterocycles. The van der Waals surface area contributed by atoms with Crippen molar-refractivity contribution in [1.29, 1.82) is 0 Å². The van der Waals surface area contributed by atoms with Gasteiger partial charge in [-0.15, -0.1) is 0 Å². The molecule has 0 radical (unpaired) electrons. The van der Waals surface area contributed by atoms with Crippen molar-refractivity contribution >= 4 is 5.97 Å². The lowest BCUT2D eigenvalue weighted by molar-refractivity contribution is -0.148. The van der Waals surface area contributed by atoms with Crippen molar-refractivity contribution in [2.24, 2.45) is 0 Å². The first kappa shape index (κ1) is 13.4. The van der Waals surface area contributed by atoms with Crippen molar-refractivity contribution in [1.82, 2.24) is 4.90 Å². The summed E-state index contributed by atoms with van der Waals surface area (Å²) in [5, 5.41) is 8.56. The van der Waals surface area contributed by atoms with E-state index in [2.05, 4.69) is 4.90 Å². The summed E-state index contributed by atoms with van der Waals surface area (Å²) in [5.41, 5.74) is 0. The first-order valence-electron chi connectivity index (χ1n) is 5.89. The standard InChI is InChI=1S/C11H21NO4/c1-2-16-11(14)10-4-3-5-12(10)6-8-15-9-7-13/h10,13H,2-9H2,1H3. The number of carbonyl (C=O) groups excluding carboxylic acids is 1. The van der Waals surface area contributed by atoms with Gasteiger partial charge in [0.05, 0.1) is 26.4 Å². The Bertz CT molecular complexity index is 210. The van der Waals surface area contributed by atoms with Crippen LogP contribution in [0, 0.1) is 0 Å². The van der Waals surface area contributed by atoms with Crippen LogP contribution in [0.25, 0.3) is 0 Å². The van der Waals surface area contributed by atoms with Gasteiger partial charge in [-0.1, -0.05) is 0 Å². The van der Waals surface area contributed by atoms with Crippen molar-refractivity contribution in [2.45, 2.75) is 25.8 Å². The second-order valence-corrected chi connectivity index (χ2v) is 3.78. The van der Waals surface area contributed by atoms with Crippen molar-refractivity contribution in [2.75, 3.05) is 39.5 Å². The van der Waals surface area contributed by atoms with Crippen LogP contribution >= 0.6 is 0 Å². The van der Waals surface area contributed by atoms with Crippen molar-refractivity contribution in [3.8, 4) is 0 Å². The predicted octanol–water partition coefficient (Wildman–Crippen LogP) is 0.0228. The number of hydrogen-bond acceptors (Lipinski definition) is 5. The molecule has 94 valence electrons. The van der Waals surface area contributed by atoms with Crippen molar-refractivity contribution in [3.05, 3.63) is 0 Å². The summed E-state index contributed by atoms with van der Waals surface area (Å²) < 4.78 is 10.2. The zero-order valence-corrected chi connectivity index (χ0v) is 9.85. The van der Waals surface area contributed by atoms with Gasteiger partial charge in [0.25, 0.3) is 0 Å². The molecule has 0 aromatic carbocycles. The Balaban J connectivity index is 2.26. The largest absolute Gasteiger partial charge is 0.465 e. The van der Waals surface area contributed by atoms with Gasteiger partial charge in [0, 0.05) is 6.54 Å². The SMILES string of the molecule is CCOC(=O)C1CCCN1CCOCCO. The molecule has 1 atom stereocenters. The minimum absolute atomic E-state index is 0.0430. The van der Waals surface area contributed by atoms with E-state index in [1.807, 2.05) is 6.92 Å².